The van der Waals surface area contributed by atoms with Crippen molar-refractivity contribution in [3.63, 3.8) is 0 Å². The first-order valence-corrected chi connectivity index (χ1v) is 7.55. The van der Waals surface area contributed by atoms with Crippen molar-refractivity contribution < 1.29 is 4.79 Å². The Morgan fingerprint density at radius 3 is 2.44 bits per heavy atom. The molecule has 3 nitrogen and oxygen atoms in total. The maximum atomic E-state index is 12.1. The molecule has 2 aromatic rings. The minimum absolute atomic E-state index is 0.201. The Labute approximate surface area is 126 Å². The van der Waals surface area contributed by atoms with E-state index in [9.17, 15) is 4.79 Å². The van der Waals surface area contributed by atoms with E-state index in [1.54, 1.807) is 11.4 Å². The van der Waals surface area contributed by atoms with Crippen molar-refractivity contribution in [2.45, 2.75) is 6.92 Å². The van der Waals surface area contributed by atoms with Crippen LogP contribution in [-0.4, -0.2) is 5.91 Å². The number of halogens is 2. The van der Waals surface area contributed by atoms with Crippen LogP contribution < -0.4 is 11.1 Å². The van der Waals surface area contributed by atoms with Gasteiger partial charge in [0.05, 0.1) is 11.4 Å². The number of hydrogen-bond donors (Lipinski definition) is 2. The molecule has 94 valence electrons. The highest BCUT2D eigenvalue weighted by Gasteiger charge is 2.14. The number of nitrogens with one attached hydrogen (secondary N) is 1. The first-order valence-electron chi connectivity index (χ1n) is 5.09. The maximum absolute atomic E-state index is 12.1. The van der Waals surface area contributed by atoms with Gasteiger partial charge in [0, 0.05) is 8.95 Å². The third-order valence-electron chi connectivity index (χ3n) is 2.33. The molecular formula is C12H10Br2N2OS. The van der Waals surface area contributed by atoms with Crippen molar-refractivity contribution in [2.24, 2.45) is 0 Å². The van der Waals surface area contributed by atoms with Gasteiger partial charge in [-0.3, -0.25) is 4.79 Å². The summed E-state index contributed by atoms with van der Waals surface area (Å²) in [6.07, 6.45) is 0. The second-order valence-corrected chi connectivity index (χ2v) is 6.39. The molecule has 1 aromatic carbocycles. The van der Waals surface area contributed by atoms with Gasteiger partial charge in [-0.05, 0) is 67.9 Å². The lowest BCUT2D eigenvalue weighted by molar-refractivity contribution is 0.103. The molecule has 1 amide bonds. The molecule has 0 spiro atoms. The van der Waals surface area contributed by atoms with Crippen molar-refractivity contribution in [1.29, 1.82) is 0 Å². The van der Waals surface area contributed by atoms with Crippen LogP contribution in [0.1, 0.15) is 15.2 Å². The Hall–Kier alpha value is -0.850. The monoisotopic (exact) mass is 388 g/mol. The highest BCUT2D eigenvalue weighted by Crippen LogP contribution is 2.33. The van der Waals surface area contributed by atoms with Gasteiger partial charge in [0.15, 0.2) is 0 Å². The third-order valence-corrected chi connectivity index (χ3v) is 4.51. The smallest absolute Gasteiger partial charge is 0.267 e. The summed E-state index contributed by atoms with van der Waals surface area (Å²) in [5.41, 5.74) is 8.02. The number of hydrogen-bond acceptors (Lipinski definition) is 3. The summed E-state index contributed by atoms with van der Waals surface area (Å²) in [5, 5.41) is 4.64. The van der Waals surface area contributed by atoms with E-state index in [1.807, 2.05) is 19.1 Å². The highest BCUT2D eigenvalue weighted by molar-refractivity contribution is 9.11. The number of carbonyl (C=O) groups is 1. The van der Waals surface area contributed by atoms with E-state index in [1.165, 1.54) is 11.3 Å². The molecular weight excluding hydrogens is 380 g/mol. The lowest BCUT2D eigenvalue weighted by Gasteiger charge is -2.10. The number of anilines is 2. The molecule has 2 rings (SSSR count). The number of aryl methyl sites for hydroxylation is 1. The average Bonchev–Trinajstić information content (AvgIpc) is 2.69. The van der Waals surface area contributed by atoms with Gasteiger partial charge in [-0.1, -0.05) is 0 Å². The molecule has 0 saturated heterocycles. The molecule has 0 fully saturated rings. The van der Waals surface area contributed by atoms with E-state index < -0.39 is 0 Å². The molecule has 0 unspecified atom stereocenters. The molecule has 0 radical (unpaired) electrons. The van der Waals surface area contributed by atoms with Gasteiger partial charge in [0.1, 0.15) is 4.88 Å². The summed E-state index contributed by atoms with van der Waals surface area (Å²) in [6.45, 7) is 1.98. The summed E-state index contributed by atoms with van der Waals surface area (Å²) in [7, 11) is 0. The third kappa shape index (κ3) is 2.76. The van der Waals surface area contributed by atoms with E-state index in [0.717, 1.165) is 14.5 Å². The predicted octanol–water partition coefficient (Wildman–Crippen LogP) is 4.42. The molecule has 0 atom stereocenters. The molecule has 18 heavy (non-hydrogen) atoms. The summed E-state index contributed by atoms with van der Waals surface area (Å²) in [5.74, 6) is -0.201. The number of thiophene rings is 1. The van der Waals surface area contributed by atoms with Crippen LogP contribution in [0.5, 0.6) is 0 Å². The van der Waals surface area contributed by atoms with Crippen LogP contribution in [0.4, 0.5) is 11.4 Å². The van der Waals surface area contributed by atoms with Crippen LogP contribution in [0.3, 0.4) is 0 Å². The SMILES string of the molecule is Cc1cc(Br)c(NC(=O)c2sccc2N)c(Br)c1. The molecule has 1 heterocycles. The quantitative estimate of drug-likeness (QED) is 0.798. The van der Waals surface area contributed by atoms with Crippen LogP contribution in [-0.2, 0) is 0 Å². The van der Waals surface area contributed by atoms with E-state index >= 15 is 0 Å². The summed E-state index contributed by atoms with van der Waals surface area (Å²) in [6, 6.07) is 5.61. The Morgan fingerprint density at radius 2 is 1.94 bits per heavy atom. The number of nitrogen functional groups attached to an aromatic ring is 1. The highest BCUT2D eigenvalue weighted by atomic mass is 79.9. The van der Waals surface area contributed by atoms with Crippen LogP contribution in [0.2, 0.25) is 0 Å². The van der Waals surface area contributed by atoms with Gasteiger partial charge in [0.2, 0.25) is 0 Å². The first kappa shape index (κ1) is 13.6. The minimum Gasteiger partial charge on any atom is -0.397 e. The lowest BCUT2D eigenvalue weighted by atomic mass is 10.2. The fourth-order valence-corrected chi connectivity index (χ4v) is 3.82. The number of carbonyl (C=O) groups excluding carboxylic acids is 1. The molecule has 0 aliphatic rings. The molecule has 0 aliphatic heterocycles. The molecule has 1 aromatic heterocycles. The van der Waals surface area contributed by atoms with Gasteiger partial charge in [-0.15, -0.1) is 11.3 Å². The second-order valence-electron chi connectivity index (χ2n) is 3.76. The van der Waals surface area contributed by atoms with Gasteiger partial charge < -0.3 is 11.1 Å². The van der Waals surface area contributed by atoms with Crippen molar-refractivity contribution in [1.82, 2.24) is 0 Å². The fraction of sp³-hybridized carbons (Fsp3) is 0.0833. The topological polar surface area (TPSA) is 55.1 Å². The second kappa shape index (κ2) is 5.42. The molecule has 0 aliphatic carbocycles. The van der Waals surface area contributed by atoms with E-state index in [-0.39, 0.29) is 5.91 Å². The van der Waals surface area contributed by atoms with Crippen LogP contribution in [0.25, 0.3) is 0 Å². The average molecular weight is 390 g/mol. The van der Waals surface area contributed by atoms with Crippen molar-refractivity contribution in [2.75, 3.05) is 11.1 Å². The summed E-state index contributed by atoms with van der Waals surface area (Å²) < 4.78 is 1.66. The van der Waals surface area contributed by atoms with E-state index in [4.69, 9.17) is 5.73 Å². The zero-order chi connectivity index (χ0) is 13.3. The van der Waals surface area contributed by atoms with Crippen molar-refractivity contribution >= 4 is 60.5 Å². The zero-order valence-electron chi connectivity index (χ0n) is 9.46. The Bertz CT molecular complexity index is 587. The van der Waals surface area contributed by atoms with Gasteiger partial charge in [0.25, 0.3) is 5.91 Å². The number of rotatable bonds is 2. The first-order chi connectivity index (χ1) is 8.49. The summed E-state index contributed by atoms with van der Waals surface area (Å²) >= 11 is 8.20. The van der Waals surface area contributed by atoms with E-state index in [0.29, 0.717) is 16.3 Å². The molecule has 0 bridgehead atoms. The van der Waals surface area contributed by atoms with Crippen molar-refractivity contribution in [3.05, 3.63) is 43.0 Å². The maximum Gasteiger partial charge on any atom is 0.267 e. The fourth-order valence-electron chi connectivity index (χ4n) is 1.49. The zero-order valence-corrected chi connectivity index (χ0v) is 13.4. The van der Waals surface area contributed by atoms with Gasteiger partial charge in [-0.2, -0.15) is 0 Å². The summed E-state index contributed by atoms with van der Waals surface area (Å²) in [4.78, 5) is 12.6. The van der Waals surface area contributed by atoms with Crippen molar-refractivity contribution in [3.8, 4) is 0 Å². The molecule has 0 saturated carbocycles. The standard InChI is InChI=1S/C12H10Br2N2OS/c1-6-4-7(13)10(8(14)5-6)16-12(17)11-9(15)2-3-18-11/h2-5H,15H2,1H3,(H,16,17). The van der Waals surface area contributed by atoms with E-state index in [2.05, 4.69) is 37.2 Å². The number of benzene rings is 1. The van der Waals surface area contributed by atoms with Crippen LogP contribution >= 0.6 is 43.2 Å². The predicted molar refractivity (Wildman–Crippen MR) is 83.3 cm³/mol. The Morgan fingerprint density at radius 1 is 1.33 bits per heavy atom. The normalized spacial score (nSPS) is 10.4. The lowest BCUT2D eigenvalue weighted by Crippen LogP contribution is -2.12. The minimum atomic E-state index is -0.201. The van der Waals surface area contributed by atoms with Crippen LogP contribution in [0.15, 0.2) is 32.5 Å². The molecule has 6 heteroatoms. The molecule has 3 N–H and O–H groups in total. The van der Waals surface area contributed by atoms with Gasteiger partial charge >= 0.3 is 0 Å². The Kier molecular flexibility index (Phi) is 4.09. The van der Waals surface area contributed by atoms with Gasteiger partial charge in [-0.25, -0.2) is 0 Å². The number of nitrogens with two attached hydrogens (primary N) is 1. The number of amides is 1. The van der Waals surface area contributed by atoms with Crippen LogP contribution in [0, 0.1) is 6.92 Å². The largest absolute Gasteiger partial charge is 0.397 e. The Balaban J connectivity index is 2.31.